The predicted octanol–water partition coefficient (Wildman–Crippen LogP) is 1.71. The Hall–Kier alpha value is -0.560. The summed E-state index contributed by atoms with van der Waals surface area (Å²) in [6.45, 7) is 0.230. The molecule has 1 aromatic rings. The number of thioether (sulfide) groups is 1. The third-order valence-electron chi connectivity index (χ3n) is 3.54. The molecule has 6 heteroatoms. The zero-order valence-corrected chi connectivity index (χ0v) is 12.6. The van der Waals surface area contributed by atoms with E-state index >= 15 is 0 Å². The summed E-state index contributed by atoms with van der Waals surface area (Å²) in [5.74, 6) is 0. The first-order valence-corrected chi connectivity index (χ1v) is 9.18. The van der Waals surface area contributed by atoms with Crippen molar-refractivity contribution in [3.05, 3.63) is 29.8 Å². The second-order valence-corrected chi connectivity index (χ2v) is 7.50. The summed E-state index contributed by atoms with van der Waals surface area (Å²) in [6.07, 6.45) is 5.10. The number of hydrogen-bond acceptors (Lipinski definition) is 4. The minimum absolute atomic E-state index is 0.0332. The van der Waals surface area contributed by atoms with Crippen molar-refractivity contribution in [1.29, 1.82) is 0 Å². The van der Waals surface area contributed by atoms with Gasteiger partial charge in [0.1, 0.15) is 0 Å². The Morgan fingerprint density at radius 1 is 1.37 bits per heavy atom. The van der Waals surface area contributed by atoms with Crippen LogP contribution in [0.3, 0.4) is 0 Å². The molecule has 106 valence electrons. The number of rotatable bonds is 5. The van der Waals surface area contributed by atoms with Crippen LogP contribution in [-0.4, -0.2) is 26.0 Å². The lowest BCUT2D eigenvalue weighted by Gasteiger charge is -2.20. The molecular formula is C13H20N2O2S2. The zero-order chi connectivity index (χ0) is 13.9. The molecule has 2 atom stereocenters. The molecule has 1 fully saturated rings. The normalized spacial score (nSPS) is 23.7. The van der Waals surface area contributed by atoms with Crippen LogP contribution in [0.2, 0.25) is 0 Å². The Morgan fingerprint density at radius 3 is 2.79 bits per heavy atom. The second kappa shape index (κ2) is 6.26. The highest BCUT2D eigenvalue weighted by atomic mass is 32.2. The van der Waals surface area contributed by atoms with Crippen LogP contribution in [0.15, 0.2) is 29.2 Å². The van der Waals surface area contributed by atoms with Crippen LogP contribution in [0, 0.1) is 0 Å². The number of nitrogens with one attached hydrogen (secondary N) is 1. The van der Waals surface area contributed by atoms with Gasteiger partial charge in [-0.3, -0.25) is 0 Å². The van der Waals surface area contributed by atoms with Crippen LogP contribution in [0.1, 0.15) is 24.8 Å². The van der Waals surface area contributed by atoms with E-state index in [2.05, 4.69) is 4.72 Å². The van der Waals surface area contributed by atoms with Crippen LogP contribution >= 0.6 is 11.8 Å². The molecule has 1 aliphatic rings. The van der Waals surface area contributed by atoms with E-state index in [1.165, 1.54) is 0 Å². The highest BCUT2D eigenvalue weighted by molar-refractivity contribution is 7.99. The molecule has 3 N–H and O–H groups in total. The van der Waals surface area contributed by atoms with Gasteiger partial charge in [0.25, 0.3) is 0 Å². The summed E-state index contributed by atoms with van der Waals surface area (Å²) < 4.78 is 27.7. The minimum atomic E-state index is -3.47. The van der Waals surface area contributed by atoms with E-state index in [9.17, 15) is 8.42 Å². The summed E-state index contributed by atoms with van der Waals surface area (Å²) in [4.78, 5) is 0.309. The van der Waals surface area contributed by atoms with Gasteiger partial charge in [-0.25, -0.2) is 13.1 Å². The van der Waals surface area contributed by atoms with Gasteiger partial charge in [0.15, 0.2) is 0 Å². The minimum Gasteiger partial charge on any atom is -0.326 e. The lowest BCUT2D eigenvalue weighted by atomic mass is 10.2. The van der Waals surface area contributed by atoms with Crippen LogP contribution in [0.25, 0.3) is 0 Å². The van der Waals surface area contributed by atoms with Crippen LogP contribution in [-0.2, 0) is 16.6 Å². The quantitative estimate of drug-likeness (QED) is 0.868. The standard InChI is InChI=1S/C13H20N2O2S2/c1-18-12-7-4-6-11(12)15-19(16,17)13-8-3-2-5-10(13)9-14/h2-3,5,8,11-12,15H,4,6-7,9,14H2,1H3. The van der Waals surface area contributed by atoms with E-state index in [1.807, 2.05) is 12.3 Å². The Balaban J connectivity index is 2.23. The van der Waals surface area contributed by atoms with Crippen molar-refractivity contribution >= 4 is 21.8 Å². The number of hydrogen-bond donors (Lipinski definition) is 2. The van der Waals surface area contributed by atoms with Gasteiger partial charge in [0, 0.05) is 17.8 Å². The fraction of sp³-hybridized carbons (Fsp3) is 0.538. The van der Waals surface area contributed by atoms with E-state index in [0.717, 1.165) is 19.3 Å². The first-order valence-electron chi connectivity index (χ1n) is 6.41. The molecule has 1 aliphatic carbocycles. The predicted molar refractivity (Wildman–Crippen MR) is 79.6 cm³/mol. The van der Waals surface area contributed by atoms with Crippen molar-refractivity contribution in [2.24, 2.45) is 5.73 Å². The van der Waals surface area contributed by atoms with Crippen molar-refractivity contribution < 1.29 is 8.42 Å². The van der Waals surface area contributed by atoms with Gasteiger partial charge in [-0.1, -0.05) is 24.6 Å². The molecule has 1 aromatic carbocycles. The largest absolute Gasteiger partial charge is 0.326 e. The summed E-state index contributed by atoms with van der Waals surface area (Å²) >= 11 is 1.73. The monoisotopic (exact) mass is 300 g/mol. The van der Waals surface area contributed by atoms with Crippen molar-refractivity contribution in [2.75, 3.05) is 6.26 Å². The average Bonchev–Trinajstić information content (AvgIpc) is 2.85. The van der Waals surface area contributed by atoms with E-state index in [-0.39, 0.29) is 12.6 Å². The van der Waals surface area contributed by atoms with E-state index in [0.29, 0.717) is 15.7 Å². The van der Waals surface area contributed by atoms with Gasteiger partial charge >= 0.3 is 0 Å². The lowest BCUT2D eigenvalue weighted by molar-refractivity contribution is 0.554. The number of nitrogens with two attached hydrogens (primary N) is 1. The fourth-order valence-corrected chi connectivity index (χ4v) is 5.12. The number of benzene rings is 1. The molecule has 0 radical (unpaired) electrons. The molecule has 2 rings (SSSR count). The zero-order valence-electron chi connectivity index (χ0n) is 11.0. The van der Waals surface area contributed by atoms with Gasteiger partial charge in [0.05, 0.1) is 4.90 Å². The van der Waals surface area contributed by atoms with Crippen molar-refractivity contribution in [1.82, 2.24) is 4.72 Å². The molecule has 1 saturated carbocycles. The van der Waals surface area contributed by atoms with Gasteiger partial charge < -0.3 is 5.73 Å². The van der Waals surface area contributed by atoms with E-state index in [1.54, 1.807) is 30.0 Å². The molecule has 0 heterocycles. The van der Waals surface area contributed by atoms with Crippen LogP contribution in [0.4, 0.5) is 0 Å². The highest BCUT2D eigenvalue weighted by Gasteiger charge is 2.31. The van der Waals surface area contributed by atoms with E-state index in [4.69, 9.17) is 5.73 Å². The van der Waals surface area contributed by atoms with Crippen molar-refractivity contribution in [3.63, 3.8) is 0 Å². The third-order valence-corrected chi connectivity index (χ3v) is 6.30. The Labute approximate surface area is 119 Å². The molecule has 0 bridgehead atoms. The Kier molecular flexibility index (Phi) is 4.89. The summed E-state index contributed by atoms with van der Waals surface area (Å²) in [5, 5.41) is 0.375. The van der Waals surface area contributed by atoms with Gasteiger partial charge in [0.2, 0.25) is 10.0 Å². The fourth-order valence-electron chi connectivity index (χ4n) is 2.54. The van der Waals surface area contributed by atoms with Crippen LogP contribution in [0.5, 0.6) is 0 Å². The highest BCUT2D eigenvalue weighted by Crippen LogP contribution is 2.29. The van der Waals surface area contributed by atoms with Gasteiger partial charge in [-0.2, -0.15) is 11.8 Å². The summed E-state index contributed by atoms with van der Waals surface area (Å²) in [7, 11) is -3.47. The molecule has 0 saturated heterocycles. The second-order valence-electron chi connectivity index (χ2n) is 4.74. The maximum absolute atomic E-state index is 12.5. The Bertz CT molecular complexity index is 531. The van der Waals surface area contributed by atoms with Gasteiger partial charge in [-0.05, 0) is 30.7 Å². The molecule has 4 nitrogen and oxygen atoms in total. The smallest absolute Gasteiger partial charge is 0.241 e. The molecule has 19 heavy (non-hydrogen) atoms. The summed E-state index contributed by atoms with van der Waals surface area (Å²) in [5.41, 5.74) is 6.27. The Morgan fingerprint density at radius 2 is 2.11 bits per heavy atom. The maximum atomic E-state index is 12.5. The summed E-state index contributed by atoms with van der Waals surface area (Å²) in [6, 6.07) is 6.95. The first-order chi connectivity index (χ1) is 9.08. The third kappa shape index (κ3) is 3.31. The van der Waals surface area contributed by atoms with Crippen LogP contribution < -0.4 is 10.5 Å². The van der Waals surface area contributed by atoms with Crippen molar-refractivity contribution in [3.8, 4) is 0 Å². The molecule has 0 amide bonds. The first kappa shape index (κ1) is 14.8. The SMILES string of the molecule is CSC1CCCC1NS(=O)(=O)c1ccccc1CN. The molecular weight excluding hydrogens is 280 g/mol. The van der Waals surface area contributed by atoms with E-state index < -0.39 is 10.0 Å². The number of sulfonamides is 1. The average molecular weight is 300 g/mol. The molecule has 0 aliphatic heterocycles. The van der Waals surface area contributed by atoms with Crippen molar-refractivity contribution in [2.45, 2.75) is 42.0 Å². The topological polar surface area (TPSA) is 72.2 Å². The molecule has 2 unspecified atom stereocenters. The van der Waals surface area contributed by atoms with Gasteiger partial charge in [-0.15, -0.1) is 0 Å². The maximum Gasteiger partial charge on any atom is 0.241 e. The molecule has 0 aromatic heterocycles. The molecule has 0 spiro atoms. The lowest BCUT2D eigenvalue weighted by Crippen LogP contribution is -2.39.